The fourth-order valence-corrected chi connectivity index (χ4v) is 3.68. The molecule has 1 aromatic rings. The second kappa shape index (κ2) is 3.34. The van der Waals surface area contributed by atoms with E-state index in [1.807, 2.05) is 0 Å². The van der Waals surface area contributed by atoms with Crippen LogP contribution in [0.2, 0.25) is 0 Å². The van der Waals surface area contributed by atoms with Crippen LogP contribution in [-0.4, -0.2) is 16.7 Å². The van der Waals surface area contributed by atoms with Crippen molar-refractivity contribution >= 4 is 11.8 Å². The Bertz CT molecular complexity index is 515. The number of amides is 2. The summed E-state index contributed by atoms with van der Waals surface area (Å²) in [5.41, 5.74) is 0. The molecule has 2 heterocycles. The minimum atomic E-state index is -0.109. The normalized spacial score (nSPS) is 36.8. The lowest BCUT2D eigenvalue weighted by Crippen LogP contribution is -2.32. The zero-order valence-corrected chi connectivity index (χ0v) is 9.78. The van der Waals surface area contributed by atoms with Crippen LogP contribution in [0.4, 0.5) is 0 Å². The number of likely N-dealkylation sites (tertiary alicyclic amines) is 1. The van der Waals surface area contributed by atoms with Gasteiger partial charge < -0.3 is 4.42 Å². The predicted molar refractivity (Wildman–Crippen MR) is 62.0 cm³/mol. The zero-order valence-electron chi connectivity index (χ0n) is 9.78. The molecule has 4 heteroatoms. The van der Waals surface area contributed by atoms with Crippen molar-refractivity contribution in [1.29, 1.82) is 0 Å². The van der Waals surface area contributed by atoms with Crippen molar-refractivity contribution in [2.75, 3.05) is 0 Å². The number of imide groups is 1. The van der Waals surface area contributed by atoms with Crippen molar-refractivity contribution < 1.29 is 14.0 Å². The molecule has 2 amide bonds. The third-order valence-corrected chi connectivity index (χ3v) is 4.46. The van der Waals surface area contributed by atoms with Crippen molar-refractivity contribution in [3.63, 3.8) is 0 Å². The van der Waals surface area contributed by atoms with Gasteiger partial charge in [-0.1, -0.05) is 12.2 Å². The van der Waals surface area contributed by atoms with Crippen LogP contribution in [0.3, 0.4) is 0 Å². The van der Waals surface area contributed by atoms with Crippen LogP contribution >= 0.6 is 0 Å². The van der Waals surface area contributed by atoms with Gasteiger partial charge in [0.1, 0.15) is 5.76 Å². The highest BCUT2D eigenvalue weighted by Gasteiger charge is 2.59. The van der Waals surface area contributed by atoms with E-state index in [1.165, 1.54) is 4.90 Å². The van der Waals surface area contributed by atoms with E-state index in [0.717, 1.165) is 6.42 Å². The van der Waals surface area contributed by atoms with Crippen LogP contribution in [0.5, 0.6) is 0 Å². The quantitative estimate of drug-likeness (QED) is 0.585. The van der Waals surface area contributed by atoms with E-state index in [-0.39, 0.29) is 42.0 Å². The van der Waals surface area contributed by atoms with Crippen molar-refractivity contribution in [2.45, 2.75) is 13.0 Å². The molecule has 1 aromatic heterocycles. The Morgan fingerprint density at radius 1 is 1.17 bits per heavy atom. The highest BCUT2D eigenvalue weighted by molar-refractivity contribution is 6.06. The molecular formula is C14H13NO3. The standard InChI is InChI=1S/C14H13NO3/c16-13-11-8-3-4-9(6-8)12(11)14(17)15(13)7-10-2-1-5-18-10/h1-5,8-9,11-12H,6-7H2/t8-,9+,11+,12-. The molecule has 1 saturated carbocycles. The molecule has 2 aliphatic carbocycles. The lowest BCUT2D eigenvalue weighted by molar-refractivity contribution is -0.141. The van der Waals surface area contributed by atoms with Gasteiger partial charge in [-0.3, -0.25) is 14.5 Å². The number of rotatable bonds is 2. The summed E-state index contributed by atoms with van der Waals surface area (Å²) < 4.78 is 5.22. The Labute approximate surface area is 104 Å². The van der Waals surface area contributed by atoms with Crippen LogP contribution in [-0.2, 0) is 16.1 Å². The van der Waals surface area contributed by atoms with Gasteiger partial charge in [-0.25, -0.2) is 0 Å². The first kappa shape index (κ1) is 10.1. The summed E-state index contributed by atoms with van der Waals surface area (Å²) in [5, 5.41) is 0. The number of furan rings is 1. The van der Waals surface area contributed by atoms with Gasteiger partial charge in [0.05, 0.1) is 24.6 Å². The van der Waals surface area contributed by atoms with Gasteiger partial charge in [-0.05, 0) is 30.4 Å². The third kappa shape index (κ3) is 1.15. The molecule has 4 atom stereocenters. The molecule has 2 fully saturated rings. The molecule has 2 bridgehead atoms. The molecule has 4 nitrogen and oxygen atoms in total. The summed E-state index contributed by atoms with van der Waals surface area (Å²) >= 11 is 0. The highest BCUT2D eigenvalue weighted by atomic mass is 16.3. The molecule has 0 N–H and O–H groups in total. The Balaban J connectivity index is 1.64. The molecule has 92 valence electrons. The maximum Gasteiger partial charge on any atom is 0.234 e. The molecule has 4 rings (SSSR count). The first-order valence-corrected chi connectivity index (χ1v) is 6.31. The fraction of sp³-hybridized carbons (Fsp3) is 0.429. The molecule has 0 spiro atoms. The second-order valence-corrected chi connectivity index (χ2v) is 5.34. The Morgan fingerprint density at radius 2 is 1.83 bits per heavy atom. The average Bonchev–Trinajstić information content (AvgIpc) is 3.10. The summed E-state index contributed by atoms with van der Waals surface area (Å²) in [5.74, 6) is 0.967. The second-order valence-electron chi connectivity index (χ2n) is 5.34. The van der Waals surface area contributed by atoms with E-state index in [9.17, 15) is 9.59 Å². The summed E-state index contributed by atoms with van der Waals surface area (Å²) in [6, 6.07) is 3.56. The molecule has 1 aliphatic heterocycles. The maximum absolute atomic E-state index is 12.3. The lowest BCUT2D eigenvalue weighted by atomic mass is 9.85. The largest absolute Gasteiger partial charge is 0.467 e. The number of allylic oxidation sites excluding steroid dienone is 2. The number of nitrogens with zero attached hydrogens (tertiary/aromatic N) is 1. The van der Waals surface area contributed by atoms with E-state index in [4.69, 9.17) is 4.42 Å². The lowest BCUT2D eigenvalue weighted by Gasteiger charge is -2.15. The van der Waals surface area contributed by atoms with Gasteiger partial charge in [0, 0.05) is 0 Å². The van der Waals surface area contributed by atoms with Crippen LogP contribution in [0, 0.1) is 23.7 Å². The first-order valence-electron chi connectivity index (χ1n) is 6.31. The van der Waals surface area contributed by atoms with E-state index < -0.39 is 0 Å². The number of fused-ring (bicyclic) bond motifs is 5. The van der Waals surface area contributed by atoms with Crippen LogP contribution in [0.25, 0.3) is 0 Å². The van der Waals surface area contributed by atoms with Gasteiger partial charge in [0.15, 0.2) is 0 Å². The summed E-state index contributed by atoms with van der Waals surface area (Å²) in [4.78, 5) is 26.1. The molecular weight excluding hydrogens is 230 g/mol. The SMILES string of the molecule is O=C1[C@@H]2[C@H](C(=O)N1Cc1ccco1)[C@H]1C=C[C@@H]2C1. The molecule has 18 heavy (non-hydrogen) atoms. The molecule has 3 aliphatic rings. The fourth-order valence-electron chi connectivity index (χ4n) is 3.68. The molecule has 0 aromatic carbocycles. The number of carbonyl (C=O) groups is 2. The minimum Gasteiger partial charge on any atom is -0.467 e. The minimum absolute atomic E-state index is 0.0155. The van der Waals surface area contributed by atoms with Crippen molar-refractivity contribution in [3.8, 4) is 0 Å². The van der Waals surface area contributed by atoms with Crippen LogP contribution in [0.15, 0.2) is 35.0 Å². The molecule has 1 saturated heterocycles. The van der Waals surface area contributed by atoms with Crippen LogP contribution in [0.1, 0.15) is 12.2 Å². The Hall–Kier alpha value is -1.84. The number of hydrogen-bond donors (Lipinski definition) is 0. The van der Waals surface area contributed by atoms with Crippen molar-refractivity contribution in [3.05, 3.63) is 36.3 Å². The number of hydrogen-bond acceptors (Lipinski definition) is 3. The topological polar surface area (TPSA) is 50.5 Å². The molecule has 0 radical (unpaired) electrons. The van der Waals surface area contributed by atoms with Gasteiger partial charge in [0.2, 0.25) is 11.8 Å². The monoisotopic (exact) mass is 243 g/mol. The van der Waals surface area contributed by atoms with Gasteiger partial charge >= 0.3 is 0 Å². The Morgan fingerprint density at radius 3 is 2.39 bits per heavy atom. The van der Waals surface area contributed by atoms with E-state index in [1.54, 1.807) is 18.4 Å². The van der Waals surface area contributed by atoms with Crippen LogP contribution < -0.4 is 0 Å². The smallest absolute Gasteiger partial charge is 0.234 e. The van der Waals surface area contributed by atoms with Gasteiger partial charge in [-0.15, -0.1) is 0 Å². The predicted octanol–water partition coefficient (Wildman–Crippen LogP) is 1.59. The van der Waals surface area contributed by atoms with E-state index in [0.29, 0.717) is 5.76 Å². The molecule has 0 unspecified atom stereocenters. The summed E-state index contributed by atoms with van der Waals surface area (Å²) in [7, 11) is 0. The Kier molecular flexibility index (Phi) is 1.88. The van der Waals surface area contributed by atoms with Crippen molar-refractivity contribution in [2.24, 2.45) is 23.7 Å². The average molecular weight is 243 g/mol. The maximum atomic E-state index is 12.3. The summed E-state index contributed by atoms with van der Waals surface area (Å²) in [6.07, 6.45) is 6.74. The van der Waals surface area contributed by atoms with Gasteiger partial charge in [-0.2, -0.15) is 0 Å². The van der Waals surface area contributed by atoms with Crippen molar-refractivity contribution in [1.82, 2.24) is 4.90 Å². The van der Waals surface area contributed by atoms with Gasteiger partial charge in [0.25, 0.3) is 0 Å². The highest BCUT2D eigenvalue weighted by Crippen LogP contribution is 2.52. The zero-order chi connectivity index (χ0) is 12.3. The number of carbonyl (C=O) groups excluding carboxylic acids is 2. The summed E-state index contributed by atoms with van der Waals surface area (Å²) in [6.45, 7) is 0.275. The van der Waals surface area contributed by atoms with E-state index >= 15 is 0 Å². The third-order valence-electron chi connectivity index (χ3n) is 4.46. The van der Waals surface area contributed by atoms with E-state index in [2.05, 4.69) is 12.2 Å². The first-order chi connectivity index (χ1) is 8.75.